The summed E-state index contributed by atoms with van der Waals surface area (Å²) in [5.41, 5.74) is 1.19. The van der Waals surface area contributed by atoms with Gasteiger partial charge in [-0.3, -0.25) is 4.79 Å². The van der Waals surface area contributed by atoms with Crippen LogP contribution in [0.5, 0.6) is 5.75 Å². The van der Waals surface area contributed by atoms with E-state index in [9.17, 15) is 4.79 Å². The fraction of sp³-hybridized carbons (Fsp3) is 0.588. The minimum absolute atomic E-state index is 0.0168. The van der Waals surface area contributed by atoms with Gasteiger partial charge in [-0.05, 0) is 57.1 Å². The average molecular weight is 273 g/mol. The van der Waals surface area contributed by atoms with Gasteiger partial charge in [0.05, 0.1) is 0 Å². The highest BCUT2D eigenvalue weighted by Gasteiger charge is 2.40. The Morgan fingerprint density at radius 1 is 1.25 bits per heavy atom. The minimum Gasteiger partial charge on any atom is -0.481 e. The number of carbonyl (C=O) groups is 1. The summed E-state index contributed by atoms with van der Waals surface area (Å²) in [6.45, 7) is 3.86. The first-order chi connectivity index (χ1) is 9.61. The third-order valence-electron chi connectivity index (χ3n) is 4.77. The molecular formula is C17H23NO2. The zero-order valence-corrected chi connectivity index (χ0v) is 12.3. The van der Waals surface area contributed by atoms with Crippen LogP contribution in [0.3, 0.4) is 0 Å². The van der Waals surface area contributed by atoms with Crippen LogP contribution in [0.15, 0.2) is 24.3 Å². The maximum absolute atomic E-state index is 12.2. The van der Waals surface area contributed by atoms with Crippen molar-refractivity contribution in [2.45, 2.75) is 51.7 Å². The topological polar surface area (TPSA) is 38.3 Å². The molecule has 20 heavy (non-hydrogen) atoms. The summed E-state index contributed by atoms with van der Waals surface area (Å²) in [5, 5.41) is 3.18. The lowest BCUT2D eigenvalue weighted by Crippen LogP contribution is -2.44. The van der Waals surface area contributed by atoms with Gasteiger partial charge in [-0.1, -0.05) is 24.1 Å². The maximum Gasteiger partial charge on any atom is 0.261 e. The van der Waals surface area contributed by atoms with Crippen molar-refractivity contribution in [3.8, 4) is 5.75 Å². The molecule has 3 heteroatoms. The summed E-state index contributed by atoms with van der Waals surface area (Å²) >= 11 is 0. The number of carbonyl (C=O) groups excluding carboxylic acids is 1. The first-order valence-electron chi connectivity index (χ1n) is 7.65. The quantitative estimate of drug-likeness (QED) is 0.915. The van der Waals surface area contributed by atoms with Crippen LogP contribution in [0.2, 0.25) is 0 Å². The molecule has 2 fully saturated rings. The van der Waals surface area contributed by atoms with E-state index in [1.165, 1.54) is 24.8 Å². The van der Waals surface area contributed by atoms with Gasteiger partial charge < -0.3 is 10.1 Å². The van der Waals surface area contributed by atoms with Crippen LogP contribution in [0.25, 0.3) is 0 Å². The molecule has 2 aliphatic rings. The molecule has 0 heterocycles. The molecule has 0 unspecified atom stereocenters. The van der Waals surface area contributed by atoms with E-state index >= 15 is 0 Å². The van der Waals surface area contributed by atoms with E-state index in [0.717, 1.165) is 18.1 Å². The zero-order chi connectivity index (χ0) is 14.1. The second kappa shape index (κ2) is 5.47. The number of ether oxygens (including phenoxy) is 1. The SMILES string of the molecule is Cc1ccc(O[C@@H](C)C(=O)N[C@H]2C[C@H]3CC[C@H]2C3)cc1. The van der Waals surface area contributed by atoms with Gasteiger partial charge in [-0.15, -0.1) is 0 Å². The molecule has 1 amide bonds. The number of hydrogen-bond acceptors (Lipinski definition) is 2. The Kier molecular flexibility index (Phi) is 3.68. The van der Waals surface area contributed by atoms with E-state index < -0.39 is 6.10 Å². The van der Waals surface area contributed by atoms with Crippen molar-refractivity contribution < 1.29 is 9.53 Å². The van der Waals surface area contributed by atoms with E-state index in [0.29, 0.717) is 12.0 Å². The molecule has 108 valence electrons. The molecule has 1 aromatic rings. The van der Waals surface area contributed by atoms with Crippen LogP contribution >= 0.6 is 0 Å². The Morgan fingerprint density at radius 2 is 2.00 bits per heavy atom. The van der Waals surface area contributed by atoms with Gasteiger partial charge in [0.25, 0.3) is 5.91 Å². The average Bonchev–Trinajstić information content (AvgIpc) is 3.03. The molecule has 3 rings (SSSR count). The van der Waals surface area contributed by atoms with Crippen LogP contribution in [0, 0.1) is 18.8 Å². The second-order valence-electron chi connectivity index (χ2n) is 6.36. The molecule has 0 radical (unpaired) electrons. The summed E-state index contributed by atoms with van der Waals surface area (Å²) in [6.07, 6.45) is 4.66. The third-order valence-corrected chi connectivity index (χ3v) is 4.77. The minimum atomic E-state index is -0.433. The van der Waals surface area contributed by atoms with Crippen molar-refractivity contribution in [1.82, 2.24) is 5.32 Å². The van der Waals surface area contributed by atoms with Crippen molar-refractivity contribution in [3.05, 3.63) is 29.8 Å². The van der Waals surface area contributed by atoms with Gasteiger partial charge in [0, 0.05) is 6.04 Å². The van der Waals surface area contributed by atoms with Crippen LogP contribution < -0.4 is 10.1 Å². The lowest BCUT2D eigenvalue weighted by molar-refractivity contribution is -0.128. The number of benzene rings is 1. The van der Waals surface area contributed by atoms with Gasteiger partial charge in [-0.2, -0.15) is 0 Å². The number of aryl methyl sites for hydroxylation is 1. The molecule has 0 saturated heterocycles. The van der Waals surface area contributed by atoms with Crippen molar-refractivity contribution in [1.29, 1.82) is 0 Å². The lowest BCUT2D eigenvalue weighted by atomic mass is 9.95. The monoisotopic (exact) mass is 273 g/mol. The van der Waals surface area contributed by atoms with Crippen LogP contribution in [-0.2, 0) is 4.79 Å². The second-order valence-corrected chi connectivity index (χ2v) is 6.36. The van der Waals surface area contributed by atoms with E-state index in [1.807, 2.05) is 38.1 Å². The molecule has 0 spiro atoms. The molecular weight excluding hydrogens is 250 g/mol. The van der Waals surface area contributed by atoms with Gasteiger partial charge >= 0.3 is 0 Å². The molecule has 1 aromatic carbocycles. The smallest absolute Gasteiger partial charge is 0.261 e. The fourth-order valence-electron chi connectivity index (χ4n) is 3.60. The van der Waals surface area contributed by atoms with Crippen LogP contribution in [-0.4, -0.2) is 18.1 Å². The van der Waals surface area contributed by atoms with Crippen molar-refractivity contribution >= 4 is 5.91 Å². The van der Waals surface area contributed by atoms with E-state index in [-0.39, 0.29) is 5.91 Å². The number of fused-ring (bicyclic) bond motifs is 2. The molecule has 3 nitrogen and oxygen atoms in total. The van der Waals surface area contributed by atoms with E-state index in [1.54, 1.807) is 0 Å². The Morgan fingerprint density at radius 3 is 2.60 bits per heavy atom. The lowest BCUT2D eigenvalue weighted by Gasteiger charge is -2.24. The van der Waals surface area contributed by atoms with Gasteiger partial charge in [0.2, 0.25) is 0 Å². The maximum atomic E-state index is 12.2. The molecule has 2 aliphatic carbocycles. The van der Waals surface area contributed by atoms with Crippen molar-refractivity contribution in [2.75, 3.05) is 0 Å². The normalized spacial score (nSPS) is 29.2. The Labute approximate surface area is 120 Å². The standard InChI is InChI=1S/C17H23NO2/c1-11-3-7-15(8-4-11)20-12(2)17(19)18-16-10-13-5-6-14(16)9-13/h3-4,7-8,12-14,16H,5-6,9-10H2,1-2H3,(H,18,19)/t12-,13-,14-,16-/m0/s1. The molecule has 2 saturated carbocycles. The number of rotatable bonds is 4. The first-order valence-corrected chi connectivity index (χ1v) is 7.65. The number of amides is 1. The van der Waals surface area contributed by atoms with Crippen LogP contribution in [0.4, 0.5) is 0 Å². The summed E-state index contributed by atoms with van der Waals surface area (Å²) < 4.78 is 5.71. The molecule has 1 N–H and O–H groups in total. The van der Waals surface area contributed by atoms with E-state index in [2.05, 4.69) is 5.32 Å². The Balaban J connectivity index is 1.53. The molecule has 0 aliphatic heterocycles. The number of hydrogen-bond donors (Lipinski definition) is 1. The Bertz CT molecular complexity index is 482. The highest BCUT2D eigenvalue weighted by molar-refractivity contribution is 5.81. The summed E-state index contributed by atoms with van der Waals surface area (Å²) in [4.78, 5) is 12.2. The highest BCUT2D eigenvalue weighted by Crippen LogP contribution is 2.44. The first kappa shape index (κ1) is 13.5. The number of nitrogens with one attached hydrogen (secondary N) is 1. The van der Waals surface area contributed by atoms with Gasteiger partial charge in [0.15, 0.2) is 6.10 Å². The molecule has 4 atom stereocenters. The van der Waals surface area contributed by atoms with Crippen molar-refractivity contribution in [3.63, 3.8) is 0 Å². The Hall–Kier alpha value is -1.51. The predicted octanol–water partition coefficient (Wildman–Crippen LogP) is 3.07. The van der Waals surface area contributed by atoms with Gasteiger partial charge in [0.1, 0.15) is 5.75 Å². The highest BCUT2D eigenvalue weighted by atomic mass is 16.5. The largest absolute Gasteiger partial charge is 0.481 e. The molecule has 2 bridgehead atoms. The van der Waals surface area contributed by atoms with Gasteiger partial charge in [-0.25, -0.2) is 0 Å². The summed E-state index contributed by atoms with van der Waals surface area (Å²) in [7, 11) is 0. The zero-order valence-electron chi connectivity index (χ0n) is 12.3. The molecule has 0 aromatic heterocycles. The summed E-state index contributed by atoms with van der Waals surface area (Å²) in [5.74, 6) is 2.32. The van der Waals surface area contributed by atoms with Crippen LogP contribution in [0.1, 0.15) is 38.2 Å². The van der Waals surface area contributed by atoms with Crippen molar-refractivity contribution in [2.24, 2.45) is 11.8 Å². The summed E-state index contributed by atoms with van der Waals surface area (Å²) in [6, 6.07) is 8.20. The predicted molar refractivity (Wildman–Crippen MR) is 78.6 cm³/mol. The van der Waals surface area contributed by atoms with E-state index in [4.69, 9.17) is 4.74 Å². The fourth-order valence-corrected chi connectivity index (χ4v) is 3.60. The third kappa shape index (κ3) is 2.82.